The van der Waals surface area contributed by atoms with Crippen molar-refractivity contribution in [3.63, 3.8) is 0 Å². The second-order valence-electron chi connectivity index (χ2n) is 6.51. The van der Waals surface area contributed by atoms with Crippen LogP contribution < -0.4 is 15.4 Å². The molecule has 1 aliphatic rings. The standard InChI is InChI=1S/C18H25N5O2.ClH/c1-12-5-4-6-15(11-12)25-13(2)17(24)21-18-20-16(22-23(18)3)14-7-9-19-10-8-14;/h4-6,11,13-14,19H,7-10H2,1-3H3,(H,20,21,22,24);1H. The molecule has 1 amide bonds. The molecule has 26 heavy (non-hydrogen) atoms. The van der Waals surface area contributed by atoms with Gasteiger partial charge in [-0.25, -0.2) is 4.68 Å². The Morgan fingerprint density at radius 2 is 2.12 bits per heavy atom. The first-order valence-electron chi connectivity index (χ1n) is 8.69. The molecule has 2 heterocycles. The van der Waals surface area contributed by atoms with Crippen LogP contribution in [0.25, 0.3) is 0 Å². The van der Waals surface area contributed by atoms with Crippen LogP contribution in [0.5, 0.6) is 5.75 Å². The molecule has 1 aromatic carbocycles. The van der Waals surface area contributed by atoms with E-state index in [1.165, 1.54) is 0 Å². The lowest BCUT2D eigenvalue weighted by Gasteiger charge is -2.19. The van der Waals surface area contributed by atoms with Gasteiger partial charge in [-0.15, -0.1) is 12.4 Å². The van der Waals surface area contributed by atoms with E-state index < -0.39 is 6.10 Å². The van der Waals surface area contributed by atoms with Gasteiger partial charge in [0.2, 0.25) is 5.95 Å². The molecule has 1 aliphatic heterocycles. The van der Waals surface area contributed by atoms with Crippen LogP contribution in [-0.4, -0.2) is 39.9 Å². The number of aromatic nitrogens is 3. The molecule has 1 fully saturated rings. The molecule has 8 heteroatoms. The number of hydrogen-bond donors (Lipinski definition) is 2. The number of benzene rings is 1. The quantitative estimate of drug-likeness (QED) is 0.833. The van der Waals surface area contributed by atoms with Crippen LogP contribution in [0, 0.1) is 6.92 Å². The smallest absolute Gasteiger partial charge is 0.267 e. The Bertz CT molecular complexity index is 743. The van der Waals surface area contributed by atoms with Crippen molar-refractivity contribution in [3.8, 4) is 5.75 Å². The van der Waals surface area contributed by atoms with Crippen LogP contribution in [0.2, 0.25) is 0 Å². The Balaban J connectivity index is 0.00000243. The molecule has 2 aromatic rings. The molecule has 2 N–H and O–H groups in total. The Morgan fingerprint density at radius 3 is 2.81 bits per heavy atom. The number of amides is 1. The Labute approximate surface area is 159 Å². The van der Waals surface area contributed by atoms with Crippen molar-refractivity contribution >= 4 is 24.3 Å². The molecular formula is C18H26ClN5O2. The van der Waals surface area contributed by atoms with E-state index in [0.29, 0.717) is 17.6 Å². The number of halogens is 1. The van der Waals surface area contributed by atoms with Crippen molar-refractivity contribution in [1.82, 2.24) is 20.1 Å². The summed E-state index contributed by atoms with van der Waals surface area (Å²) in [5.74, 6) is 2.04. The highest BCUT2D eigenvalue weighted by molar-refractivity contribution is 5.92. The highest BCUT2D eigenvalue weighted by Gasteiger charge is 2.23. The van der Waals surface area contributed by atoms with Crippen LogP contribution in [0.15, 0.2) is 24.3 Å². The average molecular weight is 380 g/mol. The first-order chi connectivity index (χ1) is 12.0. The lowest BCUT2D eigenvalue weighted by atomic mass is 9.98. The molecule has 1 unspecified atom stereocenters. The van der Waals surface area contributed by atoms with Gasteiger partial charge in [0.1, 0.15) is 5.75 Å². The number of anilines is 1. The molecular weight excluding hydrogens is 354 g/mol. The van der Waals surface area contributed by atoms with Crippen molar-refractivity contribution in [2.75, 3.05) is 18.4 Å². The van der Waals surface area contributed by atoms with E-state index in [4.69, 9.17) is 4.74 Å². The number of piperidine rings is 1. The zero-order valence-corrected chi connectivity index (χ0v) is 16.2. The Morgan fingerprint density at radius 1 is 1.38 bits per heavy atom. The third kappa shape index (κ3) is 4.95. The maximum absolute atomic E-state index is 12.4. The molecule has 0 aliphatic carbocycles. The van der Waals surface area contributed by atoms with Gasteiger partial charge in [0, 0.05) is 13.0 Å². The van der Waals surface area contributed by atoms with Crippen molar-refractivity contribution in [2.24, 2.45) is 7.05 Å². The fraction of sp³-hybridized carbons (Fsp3) is 0.500. The molecule has 1 saturated heterocycles. The topological polar surface area (TPSA) is 81.1 Å². The maximum Gasteiger partial charge on any atom is 0.267 e. The maximum atomic E-state index is 12.4. The third-order valence-electron chi connectivity index (χ3n) is 4.39. The summed E-state index contributed by atoms with van der Waals surface area (Å²) in [6.45, 7) is 5.67. The minimum Gasteiger partial charge on any atom is -0.481 e. The van der Waals surface area contributed by atoms with Gasteiger partial charge < -0.3 is 10.1 Å². The number of nitrogens with one attached hydrogen (secondary N) is 2. The molecule has 0 spiro atoms. The normalized spacial score (nSPS) is 15.8. The van der Waals surface area contributed by atoms with Crippen LogP contribution in [0.1, 0.15) is 37.1 Å². The molecule has 0 bridgehead atoms. The summed E-state index contributed by atoms with van der Waals surface area (Å²) >= 11 is 0. The van der Waals surface area contributed by atoms with E-state index in [1.807, 2.05) is 31.2 Å². The van der Waals surface area contributed by atoms with Gasteiger partial charge >= 0.3 is 0 Å². The summed E-state index contributed by atoms with van der Waals surface area (Å²) in [6.07, 6.45) is 1.41. The van der Waals surface area contributed by atoms with Crippen LogP contribution in [0.3, 0.4) is 0 Å². The fourth-order valence-corrected chi connectivity index (χ4v) is 2.92. The average Bonchev–Trinajstić information content (AvgIpc) is 2.96. The number of carbonyl (C=O) groups excluding carboxylic acids is 1. The summed E-state index contributed by atoms with van der Waals surface area (Å²) in [6, 6.07) is 7.64. The van der Waals surface area contributed by atoms with Crippen LogP contribution >= 0.6 is 12.4 Å². The van der Waals surface area contributed by atoms with Gasteiger partial charge in [-0.1, -0.05) is 12.1 Å². The Kier molecular flexibility index (Phi) is 6.99. The molecule has 1 aromatic heterocycles. The van der Waals surface area contributed by atoms with E-state index in [1.54, 1.807) is 18.7 Å². The number of nitrogens with zero attached hydrogens (tertiary/aromatic N) is 3. The van der Waals surface area contributed by atoms with Crippen molar-refractivity contribution in [3.05, 3.63) is 35.7 Å². The molecule has 3 rings (SSSR count). The second-order valence-corrected chi connectivity index (χ2v) is 6.51. The van der Waals surface area contributed by atoms with Crippen molar-refractivity contribution in [1.29, 1.82) is 0 Å². The monoisotopic (exact) mass is 379 g/mol. The lowest BCUT2D eigenvalue weighted by Crippen LogP contribution is -2.31. The number of ether oxygens (including phenoxy) is 1. The number of carbonyl (C=O) groups is 1. The van der Waals surface area contributed by atoms with Gasteiger partial charge in [-0.05, 0) is 57.5 Å². The second kappa shape index (κ2) is 9.00. The van der Waals surface area contributed by atoms with Crippen molar-refractivity contribution < 1.29 is 9.53 Å². The lowest BCUT2D eigenvalue weighted by molar-refractivity contribution is -0.122. The molecule has 0 radical (unpaired) electrons. The number of rotatable bonds is 5. The predicted molar refractivity (Wildman–Crippen MR) is 103 cm³/mol. The van der Waals surface area contributed by atoms with E-state index in [-0.39, 0.29) is 18.3 Å². The summed E-state index contributed by atoms with van der Waals surface area (Å²) in [5.41, 5.74) is 1.09. The first-order valence-corrected chi connectivity index (χ1v) is 8.69. The summed E-state index contributed by atoms with van der Waals surface area (Å²) in [7, 11) is 1.79. The summed E-state index contributed by atoms with van der Waals surface area (Å²) in [4.78, 5) is 16.9. The molecule has 7 nitrogen and oxygen atoms in total. The van der Waals surface area contributed by atoms with Gasteiger partial charge in [0.05, 0.1) is 0 Å². The fourth-order valence-electron chi connectivity index (χ4n) is 2.92. The molecule has 0 saturated carbocycles. The van der Waals surface area contributed by atoms with E-state index in [9.17, 15) is 4.79 Å². The van der Waals surface area contributed by atoms with Gasteiger partial charge in [-0.2, -0.15) is 10.1 Å². The highest BCUT2D eigenvalue weighted by Crippen LogP contribution is 2.23. The zero-order chi connectivity index (χ0) is 17.8. The first kappa shape index (κ1) is 20.2. The minimum atomic E-state index is -0.624. The van der Waals surface area contributed by atoms with Crippen LogP contribution in [0.4, 0.5) is 5.95 Å². The predicted octanol–water partition coefficient (Wildman–Crippen LogP) is 2.42. The minimum absolute atomic E-state index is 0. The zero-order valence-electron chi connectivity index (χ0n) is 15.4. The van der Waals surface area contributed by atoms with Crippen molar-refractivity contribution in [2.45, 2.75) is 38.7 Å². The summed E-state index contributed by atoms with van der Waals surface area (Å²) < 4.78 is 7.33. The van der Waals surface area contributed by atoms with E-state index >= 15 is 0 Å². The largest absolute Gasteiger partial charge is 0.481 e. The van der Waals surface area contributed by atoms with E-state index in [0.717, 1.165) is 37.3 Å². The molecule has 142 valence electrons. The highest BCUT2D eigenvalue weighted by atomic mass is 35.5. The van der Waals surface area contributed by atoms with Gasteiger partial charge in [0.25, 0.3) is 5.91 Å². The number of aryl methyl sites for hydroxylation is 2. The SMILES string of the molecule is Cc1cccc(OC(C)C(=O)Nc2nc(C3CCNCC3)nn2C)c1.Cl. The van der Waals surface area contributed by atoms with Gasteiger partial charge in [-0.3, -0.25) is 10.1 Å². The van der Waals surface area contributed by atoms with Crippen LogP contribution in [-0.2, 0) is 11.8 Å². The van der Waals surface area contributed by atoms with Gasteiger partial charge in [0.15, 0.2) is 11.9 Å². The summed E-state index contributed by atoms with van der Waals surface area (Å²) in [5, 5.41) is 10.6. The van der Waals surface area contributed by atoms with E-state index in [2.05, 4.69) is 20.7 Å². The number of hydrogen-bond acceptors (Lipinski definition) is 5. The molecule has 1 atom stereocenters. The third-order valence-corrected chi connectivity index (χ3v) is 4.39. The Hall–Kier alpha value is -2.12.